The number of hydrogen-bond acceptors (Lipinski definition) is 4. The molecule has 0 bridgehead atoms. The van der Waals surface area contributed by atoms with Crippen LogP contribution in [0.25, 0.3) is 0 Å². The molecule has 0 fully saturated rings. The van der Waals surface area contributed by atoms with Crippen LogP contribution in [0.15, 0.2) is 60.8 Å². The predicted molar refractivity (Wildman–Crippen MR) is 92.8 cm³/mol. The van der Waals surface area contributed by atoms with Gasteiger partial charge in [-0.2, -0.15) is 5.10 Å². The largest absolute Gasteiger partial charge is 0.335 e. The second-order valence-corrected chi connectivity index (χ2v) is 5.44. The van der Waals surface area contributed by atoms with Crippen molar-refractivity contribution >= 4 is 17.6 Å². The first-order valence-corrected chi connectivity index (χ1v) is 7.73. The molecule has 1 unspecified atom stereocenters. The van der Waals surface area contributed by atoms with Crippen LogP contribution in [0.2, 0.25) is 0 Å². The molecule has 3 aromatic rings. The maximum absolute atomic E-state index is 12.7. The maximum atomic E-state index is 12.7. The van der Waals surface area contributed by atoms with Gasteiger partial charge in [-0.3, -0.25) is 14.7 Å². The average molecular weight is 335 g/mol. The molecule has 3 rings (SSSR count). The number of carbonyl (C=O) groups is 2. The summed E-state index contributed by atoms with van der Waals surface area (Å²) in [5, 5.41) is 11.9. The molecule has 126 valence electrons. The van der Waals surface area contributed by atoms with Gasteiger partial charge in [0.1, 0.15) is 17.6 Å². The maximum Gasteiger partial charge on any atom is 0.270 e. The molecule has 2 heterocycles. The highest BCUT2D eigenvalue weighted by Crippen LogP contribution is 2.16. The number of nitrogens with zero attached hydrogens (tertiary/aromatic N) is 2. The fourth-order valence-corrected chi connectivity index (χ4v) is 2.35. The van der Waals surface area contributed by atoms with E-state index in [1.807, 2.05) is 18.2 Å². The number of hydrogen-bond donors (Lipinski definition) is 3. The average Bonchev–Trinajstić information content (AvgIpc) is 3.13. The van der Waals surface area contributed by atoms with Crippen molar-refractivity contribution in [1.82, 2.24) is 20.5 Å². The summed E-state index contributed by atoms with van der Waals surface area (Å²) in [5.74, 6) is -0.345. The Morgan fingerprint density at radius 1 is 1.04 bits per heavy atom. The van der Waals surface area contributed by atoms with Gasteiger partial charge in [-0.1, -0.05) is 36.4 Å². The molecule has 0 aliphatic rings. The molecule has 0 radical (unpaired) electrons. The van der Waals surface area contributed by atoms with Gasteiger partial charge >= 0.3 is 0 Å². The summed E-state index contributed by atoms with van der Waals surface area (Å²) >= 11 is 0. The smallest absolute Gasteiger partial charge is 0.270 e. The molecule has 7 nitrogen and oxygen atoms in total. The third kappa shape index (κ3) is 4.08. The summed E-state index contributed by atoms with van der Waals surface area (Å²) in [5.41, 5.74) is 1.65. The van der Waals surface area contributed by atoms with E-state index in [4.69, 9.17) is 0 Å². The monoisotopic (exact) mass is 335 g/mol. The van der Waals surface area contributed by atoms with Gasteiger partial charge in [0.25, 0.3) is 11.8 Å². The van der Waals surface area contributed by atoms with Crippen LogP contribution in [0, 0.1) is 6.92 Å². The van der Waals surface area contributed by atoms with E-state index >= 15 is 0 Å². The highest BCUT2D eigenvalue weighted by atomic mass is 16.2. The number of H-pyrrole nitrogens is 1. The Kier molecular flexibility index (Phi) is 4.84. The minimum Gasteiger partial charge on any atom is -0.335 e. The van der Waals surface area contributed by atoms with Crippen molar-refractivity contribution in [2.24, 2.45) is 0 Å². The van der Waals surface area contributed by atoms with Crippen molar-refractivity contribution in [2.45, 2.75) is 13.0 Å². The molecule has 0 aliphatic heterocycles. The van der Waals surface area contributed by atoms with Gasteiger partial charge < -0.3 is 10.6 Å². The highest BCUT2D eigenvalue weighted by Gasteiger charge is 2.24. The lowest BCUT2D eigenvalue weighted by Crippen LogP contribution is -2.37. The fourth-order valence-electron chi connectivity index (χ4n) is 2.35. The summed E-state index contributed by atoms with van der Waals surface area (Å²) in [6.07, 6.45) is 1.53. The molecule has 2 amide bonds. The van der Waals surface area contributed by atoms with Gasteiger partial charge in [-0.05, 0) is 24.6 Å². The van der Waals surface area contributed by atoms with Gasteiger partial charge in [0.2, 0.25) is 0 Å². The Bertz CT molecular complexity index is 862. The zero-order valence-corrected chi connectivity index (χ0v) is 13.6. The summed E-state index contributed by atoms with van der Waals surface area (Å²) in [6, 6.07) is 14.9. The Labute approximate surface area is 144 Å². The zero-order valence-electron chi connectivity index (χ0n) is 13.6. The second kappa shape index (κ2) is 7.39. The van der Waals surface area contributed by atoms with Crippen LogP contribution in [0.5, 0.6) is 0 Å². The van der Waals surface area contributed by atoms with E-state index in [0.29, 0.717) is 11.4 Å². The van der Waals surface area contributed by atoms with Crippen LogP contribution in [0.4, 0.5) is 5.82 Å². The number of aromatic nitrogens is 3. The number of rotatable bonds is 5. The van der Waals surface area contributed by atoms with E-state index < -0.39 is 11.9 Å². The first kappa shape index (κ1) is 16.4. The van der Waals surface area contributed by atoms with Crippen molar-refractivity contribution in [3.63, 3.8) is 0 Å². The molecule has 1 aromatic carbocycles. The normalized spacial score (nSPS) is 11.6. The van der Waals surface area contributed by atoms with Crippen molar-refractivity contribution in [1.29, 1.82) is 0 Å². The third-order valence-electron chi connectivity index (χ3n) is 3.55. The molecule has 25 heavy (non-hydrogen) atoms. The molecular weight excluding hydrogens is 318 g/mol. The first-order valence-electron chi connectivity index (χ1n) is 7.73. The van der Waals surface area contributed by atoms with E-state index in [1.54, 1.807) is 43.3 Å². The summed E-state index contributed by atoms with van der Waals surface area (Å²) in [4.78, 5) is 29.4. The summed E-state index contributed by atoms with van der Waals surface area (Å²) in [6.45, 7) is 1.80. The van der Waals surface area contributed by atoms with E-state index in [9.17, 15) is 9.59 Å². The van der Waals surface area contributed by atoms with E-state index in [-0.39, 0.29) is 11.6 Å². The topological polar surface area (TPSA) is 99.8 Å². The van der Waals surface area contributed by atoms with Crippen molar-refractivity contribution in [2.75, 3.05) is 5.32 Å². The summed E-state index contributed by atoms with van der Waals surface area (Å²) in [7, 11) is 0. The van der Waals surface area contributed by atoms with Gasteiger partial charge in [0.15, 0.2) is 0 Å². The predicted octanol–water partition coefficient (Wildman–Crippen LogP) is 2.22. The van der Waals surface area contributed by atoms with Crippen LogP contribution >= 0.6 is 0 Å². The number of benzene rings is 1. The Morgan fingerprint density at radius 2 is 1.84 bits per heavy atom. The Hall–Kier alpha value is -3.48. The lowest BCUT2D eigenvalue weighted by molar-refractivity contribution is -0.118. The van der Waals surface area contributed by atoms with Gasteiger partial charge in [-0.15, -0.1) is 0 Å². The molecule has 2 aromatic heterocycles. The quantitative estimate of drug-likeness (QED) is 0.665. The number of carbonyl (C=O) groups excluding carboxylic acids is 2. The number of amides is 2. The molecular formula is C18H17N5O2. The Balaban J connectivity index is 1.83. The molecule has 0 saturated carbocycles. The number of anilines is 1. The molecule has 0 saturated heterocycles. The first-order chi connectivity index (χ1) is 12.1. The van der Waals surface area contributed by atoms with Crippen LogP contribution in [-0.4, -0.2) is 27.0 Å². The standard InChI is InChI=1S/C18H17N5O2/c1-12-6-5-9-14(20-12)17(24)22-16(13-7-3-2-4-8-13)18(25)21-15-10-11-19-23-15/h2-11,16H,1H3,(H,22,24)(H2,19,21,23,25). The second-order valence-electron chi connectivity index (χ2n) is 5.44. The van der Waals surface area contributed by atoms with Crippen molar-refractivity contribution in [3.8, 4) is 0 Å². The lowest BCUT2D eigenvalue weighted by atomic mass is 10.1. The van der Waals surface area contributed by atoms with Crippen LogP contribution in [0.3, 0.4) is 0 Å². The van der Waals surface area contributed by atoms with Crippen LogP contribution in [-0.2, 0) is 4.79 Å². The van der Waals surface area contributed by atoms with E-state index in [2.05, 4.69) is 25.8 Å². The number of aromatic amines is 1. The molecule has 3 N–H and O–H groups in total. The lowest BCUT2D eigenvalue weighted by Gasteiger charge is -2.18. The Morgan fingerprint density at radius 3 is 2.52 bits per heavy atom. The molecule has 1 atom stereocenters. The van der Waals surface area contributed by atoms with Crippen LogP contribution in [0.1, 0.15) is 27.8 Å². The minimum absolute atomic E-state index is 0.260. The van der Waals surface area contributed by atoms with Gasteiger partial charge in [0, 0.05) is 11.8 Å². The van der Waals surface area contributed by atoms with Crippen molar-refractivity contribution in [3.05, 3.63) is 77.7 Å². The molecule has 7 heteroatoms. The zero-order chi connectivity index (χ0) is 17.6. The third-order valence-corrected chi connectivity index (χ3v) is 3.55. The van der Waals surface area contributed by atoms with Gasteiger partial charge in [0.05, 0.1) is 6.20 Å². The van der Waals surface area contributed by atoms with Gasteiger partial charge in [-0.25, -0.2) is 4.98 Å². The fraction of sp³-hybridized carbons (Fsp3) is 0.111. The van der Waals surface area contributed by atoms with Crippen LogP contribution < -0.4 is 10.6 Å². The van der Waals surface area contributed by atoms with Crippen molar-refractivity contribution < 1.29 is 9.59 Å². The van der Waals surface area contributed by atoms with E-state index in [1.165, 1.54) is 6.20 Å². The number of aryl methyl sites for hydroxylation is 1. The molecule has 0 aliphatic carbocycles. The number of pyridine rings is 1. The number of nitrogens with one attached hydrogen (secondary N) is 3. The summed E-state index contributed by atoms with van der Waals surface area (Å²) < 4.78 is 0. The van der Waals surface area contributed by atoms with E-state index in [0.717, 1.165) is 5.69 Å². The highest BCUT2D eigenvalue weighted by molar-refractivity contribution is 6.00. The molecule has 0 spiro atoms. The minimum atomic E-state index is -0.862. The SMILES string of the molecule is Cc1cccc(C(=O)NC(C(=O)Nc2ccn[nH]2)c2ccccc2)n1.